The van der Waals surface area contributed by atoms with Crippen LogP contribution in [0.2, 0.25) is 5.15 Å². The van der Waals surface area contributed by atoms with Gasteiger partial charge in [0.05, 0.1) is 11.4 Å². The van der Waals surface area contributed by atoms with E-state index < -0.39 is 5.97 Å². The van der Waals surface area contributed by atoms with E-state index in [9.17, 15) is 9.59 Å². The Kier molecular flexibility index (Phi) is 7.01. The Morgan fingerprint density at radius 1 is 1.24 bits per heavy atom. The topological polar surface area (TPSA) is 73.2 Å². The van der Waals surface area contributed by atoms with Gasteiger partial charge < -0.3 is 10.1 Å². The highest BCUT2D eigenvalue weighted by Crippen LogP contribution is 2.24. The molecule has 2 rings (SSSR count). The fraction of sp³-hybridized carbons (Fsp3) is 0.389. The lowest BCUT2D eigenvalue weighted by Gasteiger charge is -2.06. The number of unbranched alkanes of at least 4 members (excludes halogenated alkanes) is 2. The van der Waals surface area contributed by atoms with Crippen molar-refractivity contribution in [3.05, 3.63) is 46.7 Å². The van der Waals surface area contributed by atoms with Gasteiger partial charge in [0, 0.05) is 6.54 Å². The number of nitrogens with zero attached hydrogens (tertiary/aromatic N) is 2. The summed E-state index contributed by atoms with van der Waals surface area (Å²) >= 11 is 6.29. The van der Waals surface area contributed by atoms with Gasteiger partial charge in [-0.3, -0.25) is 4.79 Å². The summed E-state index contributed by atoms with van der Waals surface area (Å²) in [6.07, 6.45) is 3.03. The average molecular weight is 364 g/mol. The maximum Gasteiger partial charge on any atom is 0.343 e. The van der Waals surface area contributed by atoms with Crippen molar-refractivity contribution in [1.29, 1.82) is 0 Å². The standard InChI is InChI=1S/C18H22ClN3O3/c1-3-4-8-11-20-15(23)12-25-18(24)16-13(2)21-22(17(16)19)14-9-6-5-7-10-14/h5-7,9-10H,3-4,8,11-12H2,1-2H3,(H,20,23). The lowest BCUT2D eigenvalue weighted by molar-refractivity contribution is -0.124. The van der Waals surface area contributed by atoms with Crippen molar-refractivity contribution in [3.63, 3.8) is 0 Å². The molecule has 0 spiro atoms. The molecule has 0 unspecified atom stereocenters. The fourth-order valence-electron chi connectivity index (χ4n) is 2.33. The molecule has 1 aromatic heterocycles. The third-order valence-electron chi connectivity index (χ3n) is 3.65. The number of hydrogen-bond donors (Lipinski definition) is 1. The molecule has 0 bridgehead atoms. The summed E-state index contributed by atoms with van der Waals surface area (Å²) in [5.74, 6) is -0.984. The quantitative estimate of drug-likeness (QED) is 0.577. The molecule has 1 heterocycles. The highest BCUT2D eigenvalue weighted by molar-refractivity contribution is 6.33. The molecule has 134 valence electrons. The molecule has 1 aromatic carbocycles. The van der Waals surface area contributed by atoms with Crippen LogP contribution in [0.3, 0.4) is 0 Å². The first-order valence-electron chi connectivity index (χ1n) is 8.29. The minimum absolute atomic E-state index is 0.164. The zero-order valence-electron chi connectivity index (χ0n) is 14.4. The molecule has 0 saturated carbocycles. The predicted octanol–water partition coefficient (Wildman–Crippen LogP) is 3.30. The number of rotatable bonds is 8. The third-order valence-corrected chi connectivity index (χ3v) is 3.99. The van der Waals surface area contributed by atoms with E-state index in [1.54, 1.807) is 6.92 Å². The van der Waals surface area contributed by atoms with Gasteiger partial charge in [-0.2, -0.15) is 5.10 Å². The van der Waals surface area contributed by atoms with Crippen molar-refractivity contribution < 1.29 is 14.3 Å². The number of ether oxygens (including phenoxy) is 1. The first kappa shape index (κ1) is 19.0. The molecule has 0 aliphatic heterocycles. The van der Waals surface area contributed by atoms with Gasteiger partial charge >= 0.3 is 5.97 Å². The molecule has 0 saturated heterocycles. The van der Waals surface area contributed by atoms with Crippen molar-refractivity contribution in [2.24, 2.45) is 0 Å². The summed E-state index contributed by atoms with van der Waals surface area (Å²) in [6, 6.07) is 9.24. The number of carbonyl (C=O) groups excluding carboxylic acids is 2. The Morgan fingerprint density at radius 3 is 2.64 bits per heavy atom. The van der Waals surface area contributed by atoms with Crippen LogP contribution in [0.25, 0.3) is 5.69 Å². The molecule has 0 atom stereocenters. The second-order valence-electron chi connectivity index (χ2n) is 5.63. The fourth-order valence-corrected chi connectivity index (χ4v) is 2.68. The van der Waals surface area contributed by atoms with Crippen molar-refractivity contribution in [2.75, 3.05) is 13.2 Å². The normalized spacial score (nSPS) is 10.5. The molecule has 0 fully saturated rings. The Labute approximate surface area is 152 Å². The Balaban J connectivity index is 1.98. The molecule has 6 nitrogen and oxygen atoms in total. The number of aromatic nitrogens is 2. The molecule has 2 aromatic rings. The zero-order chi connectivity index (χ0) is 18.2. The van der Waals surface area contributed by atoms with Crippen LogP contribution in [0, 0.1) is 6.92 Å². The lowest BCUT2D eigenvalue weighted by Crippen LogP contribution is -2.29. The number of carbonyl (C=O) groups is 2. The Morgan fingerprint density at radius 2 is 1.96 bits per heavy atom. The smallest absolute Gasteiger partial charge is 0.343 e. The molecular weight excluding hydrogens is 342 g/mol. The van der Waals surface area contributed by atoms with Gasteiger partial charge in [-0.25, -0.2) is 9.48 Å². The summed E-state index contributed by atoms with van der Waals surface area (Å²) in [5.41, 5.74) is 1.36. The number of hydrogen-bond acceptors (Lipinski definition) is 4. The van der Waals surface area contributed by atoms with Crippen molar-refractivity contribution in [3.8, 4) is 5.69 Å². The van der Waals surface area contributed by atoms with E-state index in [0.29, 0.717) is 12.2 Å². The third kappa shape index (κ3) is 5.06. The molecule has 7 heteroatoms. The van der Waals surface area contributed by atoms with Crippen LogP contribution in [0.15, 0.2) is 30.3 Å². The molecule has 1 N–H and O–H groups in total. The molecule has 0 aliphatic carbocycles. The van der Waals surface area contributed by atoms with Gasteiger partial charge in [-0.15, -0.1) is 0 Å². The SMILES string of the molecule is CCCCCNC(=O)COC(=O)c1c(C)nn(-c2ccccc2)c1Cl. The summed E-state index contributed by atoms with van der Waals surface area (Å²) < 4.78 is 6.54. The Bertz CT molecular complexity index is 729. The molecule has 1 amide bonds. The van der Waals surface area contributed by atoms with Crippen molar-refractivity contribution >= 4 is 23.5 Å². The van der Waals surface area contributed by atoms with Crippen LogP contribution < -0.4 is 5.32 Å². The zero-order valence-corrected chi connectivity index (χ0v) is 15.2. The number of halogens is 1. The number of nitrogens with one attached hydrogen (secondary N) is 1. The lowest BCUT2D eigenvalue weighted by atomic mass is 10.2. The van der Waals surface area contributed by atoms with E-state index in [1.165, 1.54) is 4.68 Å². The number of benzene rings is 1. The summed E-state index contributed by atoms with van der Waals surface area (Å²) in [6.45, 7) is 4.01. The summed E-state index contributed by atoms with van der Waals surface area (Å²) in [7, 11) is 0. The largest absolute Gasteiger partial charge is 0.452 e. The van der Waals surface area contributed by atoms with E-state index in [4.69, 9.17) is 16.3 Å². The minimum atomic E-state index is -0.659. The van der Waals surface area contributed by atoms with Crippen LogP contribution >= 0.6 is 11.6 Å². The van der Waals surface area contributed by atoms with Gasteiger partial charge in [0.1, 0.15) is 10.7 Å². The highest BCUT2D eigenvalue weighted by Gasteiger charge is 2.23. The number of para-hydroxylation sites is 1. The molecule has 25 heavy (non-hydrogen) atoms. The number of esters is 1. The summed E-state index contributed by atoms with van der Waals surface area (Å²) in [4.78, 5) is 24.0. The average Bonchev–Trinajstić information content (AvgIpc) is 2.92. The van der Waals surface area contributed by atoms with E-state index in [0.717, 1.165) is 24.9 Å². The molecule has 0 aliphatic rings. The second-order valence-corrected chi connectivity index (χ2v) is 5.99. The van der Waals surface area contributed by atoms with Crippen molar-refractivity contribution in [1.82, 2.24) is 15.1 Å². The van der Waals surface area contributed by atoms with Crippen LogP contribution in [-0.2, 0) is 9.53 Å². The maximum atomic E-state index is 12.3. The highest BCUT2D eigenvalue weighted by atomic mass is 35.5. The summed E-state index contributed by atoms with van der Waals surface area (Å²) in [5, 5.41) is 7.16. The second kappa shape index (κ2) is 9.22. The monoisotopic (exact) mass is 363 g/mol. The minimum Gasteiger partial charge on any atom is -0.452 e. The number of amides is 1. The van der Waals surface area contributed by atoms with Gasteiger partial charge in [0.15, 0.2) is 6.61 Å². The maximum absolute atomic E-state index is 12.3. The van der Waals surface area contributed by atoms with Crippen LogP contribution in [0.1, 0.15) is 42.2 Å². The Hall–Kier alpha value is -2.34. The first-order chi connectivity index (χ1) is 12.0. The van der Waals surface area contributed by atoms with Gasteiger partial charge in [-0.05, 0) is 25.5 Å². The van der Waals surface area contributed by atoms with Gasteiger partial charge in [0.25, 0.3) is 5.91 Å². The van der Waals surface area contributed by atoms with Crippen LogP contribution in [-0.4, -0.2) is 34.8 Å². The predicted molar refractivity (Wildman–Crippen MR) is 96.1 cm³/mol. The van der Waals surface area contributed by atoms with Crippen LogP contribution in [0.5, 0.6) is 0 Å². The van der Waals surface area contributed by atoms with E-state index in [1.807, 2.05) is 30.3 Å². The van der Waals surface area contributed by atoms with E-state index in [2.05, 4.69) is 17.3 Å². The number of aryl methyl sites for hydroxylation is 1. The van der Waals surface area contributed by atoms with Gasteiger partial charge in [-0.1, -0.05) is 49.6 Å². The van der Waals surface area contributed by atoms with Crippen molar-refractivity contribution in [2.45, 2.75) is 33.1 Å². The van der Waals surface area contributed by atoms with Gasteiger partial charge in [0.2, 0.25) is 0 Å². The first-order valence-corrected chi connectivity index (χ1v) is 8.66. The molecular formula is C18H22ClN3O3. The van der Waals surface area contributed by atoms with E-state index >= 15 is 0 Å². The van der Waals surface area contributed by atoms with E-state index in [-0.39, 0.29) is 23.2 Å². The molecule has 0 radical (unpaired) electrons. The van der Waals surface area contributed by atoms with Crippen LogP contribution in [0.4, 0.5) is 0 Å².